The van der Waals surface area contributed by atoms with E-state index in [1.807, 2.05) is 6.92 Å². The molecule has 1 aromatic rings. The molecule has 1 saturated heterocycles. The van der Waals surface area contributed by atoms with Crippen molar-refractivity contribution in [2.45, 2.75) is 40.2 Å². The van der Waals surface area contributed by atoms with Crippen molar-refractivity contribution in [1.29, 1.82) is 0 Å². The van der Waals surface area contributed by atoms with E-state index in [4.69, 9.17) is 0 Å². The topological polar surface area (TPSA) is 89.0 Å². The van der Waals surface area contributed by atoms with E-state index in [-0.39, 0.29) is 28.7 Å². The number of hydrogen-bond donors (Lipinski definition) is 1. The molecule has 1 aliphatic rings. The summed E-state index contributed by atoms with van der Waals surface area (Å²) in [5.74, 6) is 0.993. The van der Waals surface area contributed by atoms with E-state index in [9.17, 15) is 13.2 Å². The molecule has 118 valence electrons. The van der Waals surface area contributed by atoms with Crippen LogP contribution in [0.2, 0.25) is 0 Å². The van der Waals surface area contributed by atoms with Crippen molar-refractivity contribution in [3.63, 3.8) is 0 Å². The summed E-state index contributed by atoms with van der Waals surface area (Å²) in [5, 5.41) is 10.6. The van der Waals surface area contributed by atoms with E-state index in [0.717, 1.165) is 14.4 Å². The Labute approximate surface area is 136 Å². The van der Waals surface area contributed by atoms with Gasteiger partial charge in [0.1, 0.15) is 0 Å². The van der Waals surface area contributed by atoms with Gasteiger partial charge in [0.25, 0.3) is 0 Å². The number of aromatic nitrogens is 2. The first-order valence-electron chi connectivity index (χ1n) is 6.53. The fourth-order valence-corrected chi connectivity index (χ4v) is 6.60. The summed E-state index contributed by atoms with van der Waals surface area (Å²) in [5.41, 5.74) is 0. The second-order valence-electron chi connectivity index (χ2n) is 4.64. The fraction of sp³-hybridized carbons (Fsp3) is 0.727. The number of nitrogens with one attached hydrogen (secondary N) is 1. The predicted molar refractivity (Wildman–Crippen MR) is 86.8 cm³/mol. The zero-order valence-electron chi connectivity index (χ0n) is 11.7. The van der Waals surface area contributed by atoms with E-state index in [1.54, 1.807) is 18.7 Å². The van der Waals surface area contributed by atoms with Gasteiger partial charge in [-0.2, -0.15) is 0 Å². The fourth-order valence-electron chi connectivity index (χ4n) is 1.86. The molecule has 0 aliphatic carbocycles. The van der Waals surface area contributed by atoms with Gasteiger partial charge in [0.2, 0.25) is 5.91 Å². The minimum Gasteiger partial charge on any atom is -0.351 e. The van der Waals surface area contributed by atoms with Crippen molar-refractivity contribution in [3.05, 3.63) is 0 Å². The molecule has 1 aromatic heterocycles. The van der Waals surface area contributed by atoms with Crippen LogP contribution in [0.1, 0.15) is 20.3 Å². The smallest absolute Gasteiger partial charge is 0.233 e. The third-order valence-electron chi connectivity index (χ3n) is 2.88. The summed E-state index contributed by atoms with van der Waals surface area (Å²) in [4.78, 5) is 12.1. The van der Waals surface area contributed by atoms with Crippen LogP contribution in [0.5, 0.6) is 0 Å². The molecule has 0 saturated carbocycles. The SMILES string of the molecule is CCSc1nnc(S[C@H](C)C(=O)N[C@H]2CCS(=O)(=O)C2)s1. The highest BCUT2D eigenvalue weighted by Gasteiger charge is 2.30. The van der Waals surface area contributed by atoms with Gasteiger partial charge in [-0.15, -0.1) is 10.2 Å². The third-order valence-corrected chi connectivity index (χ3v) is 7.77. The summed E-state index contributed by atoms with van der Waals surface area (Å²) in [7, 11) is -2.97. The van der Waals surface area contributed by atoms with Gasteiger partial charge < -0.3 is 5.32 Å². The molecule has 21 heavy (non-hydrogen) atoms. The maximum absolute atomic E-state index is 12.1. The molecule has 10 heteroatoms. The lowest BCUT2D eigenvalue weighted by molar-refractivity contribution is -0.120. The van der Waals surface area contributed by atoms with Crippen LogP contribution in [-0.4, -0.2) is 53.1 Å². The van der Waals surface area contributed by atoms with Crippen molar-refractivity contribution in [2.75, 3.05) is 17.3 Å². The highest BCUT2D eigenvalue weighted by atomic mass is 32.2. The molecule has 1 aliphatic heterocycles. The zero-order chi connectivity index (χ0) is 15.5. The van der Waals surface area contributed by atoms with Gasteiger partial charge in [0, 0.05) is 6.04 Å². The first kappa shape index (κ1) is 17.0. The second kappa shape index (κ2) is 7.30. The molecule has 0 aromatic carbocycles. The summed E-state index contributed by atoms with van der Waals surface area (Å²) >= 11 is 4.45. The number of nitrogens with zero attached hydrogens (tertiary/aromatic N) is 2. The number of rotatable bonds is 6. The molecule has 2 heterocycles. The Bertz CT molecular complexity index is 602. The molecular formula is C11H17N3O3S4. The van der Waals surface area contributed by atoms with E-state index in [2.05, 4.69) is 15.5 Å². The highest BCUT2D eigenvalue weighted by molar-refractivity contribution is 8.03. The molecule has 0 spiro atoms. The van der Waals surface area contributed by atoms with E-state index in [1.165, 1.54) is 23.1 Å². The molecule has 6 nitrogen and oxygen atoms in total. The van der Waals surface area contributed by atoms with Crippen molar-refractivity contribution < 1.29 is 13.2 Å². The molecule has 1 N–H and O–H groups in total. The Balaban J connectivity index is 1.84. The predicted octanol–water partition coefficient (Wildman–Crippen LogP) is 1.43. The van der Waals surface area contributed by atoms with Gasteiger partial charge in [-0.05, 0) is 19.1 Å². The summed E-state index contributed by atoms with van der Waals surface area (Å²) in [6.45, 7) is 3.84. The molecule has 0 radical (unpaired) electrons. The second-order valence-corrected chi connectivity index (χ2v) is 10.9. The molecule has 1 amide bonds. The van der Waals surface area contributed by atoms with Gasteiger partial charge in [-0.1, -0.05) is 41.8 Å². The third kappa shape index (κ3) is 5.11. The van der Waals surface area contributed by atoms with Crippen LogP contribution >= 0.6 is 34.9 Å². The van der Waals surface area contributed by atoms with E-state index >= 15 is 0 Å². The number of hydrogen-bond acceptors (Lipinski definition) is 8. The molecule has 0 unspecified atom stereocenters. The van der Waals surface area contributed by atoms with Crippen molar-refractivity contribution in [2.24, 2.45) is 0 Å². The molecule has 0 bridgehead atoms. The van der Waals surface area contributed by atoms with Crippen LogP contribution in [0.25, 0.3) is 0 Å². The Kier molecular flexibility index (Phi) is 5.92. The lowest BCUT2D eigenvalue weighted by Crippen LogP contribution is -2.39. The number of thioether (sulfide) groups is 2. The standard InChI is InChI=1S/C11H17N3O3S4/c1-3-18-10-13-14-11(20-10)19-7(2)9(15)12-8-4-5-21(16,17)6-8/h7-8H,3-6H2,1-2H3,(H,12,15)/t7-,8+/m1/s1. The Morgan fingerprint density at radius 1 is 1.48 bits per heavy atom. The minimum absolute atomic E-state index is 0.0478. The van der Waals surface area contributed by atoms with E-state index in [0.29, 0.717) is 6.42 Å². The number of amides is 1. The van der Waals surface area contributed by atoms with Crippen molar-refractivity contribution in [3.8, 4) is 0 Å². The summed E-state index contributed by atoms with van der Waals surface area (Å²) in [6, 6.07) is -0.258. The zero-order valence-corrected chi connectivity index (χ0v) is 15.0. The Morgan fingerprint density at radius 3 is 2.81 bits per heavy atom. The van der Waals surface area contributed by atoms with Crippen LogP contribution in [0.3, 0.4) is 0 Å². The monoisotopic (exact) mass is 367 g/mol. The van der Waals surface area contributed by atoms with Crippen LogP contribution < -0.4 is 5.32 Å². The van der Waals surface area contributed by atoms with Crippen LogP contribution in [0, 0.1) is 0 Å². The maximum atomic E-state index is 12.1. The quantitative estimate of drug-likeness (QED) is 0.761. The van der Waals surface area contributed by atoms with Gasteiger partial charge in [-0.3, -0.25) is 4.79 Å². The lowest BCUT2D eigenvalue weighted by Gasteiger charge is -2.14. The maximum Gasteiger partial charge on any atom is 0.233 e. The summed E-state index contributed by atoms with van der Waals surface area (Å²) in [6.07, 6.45) is 0.502. The first-order valence-corrected chi connectivity index (χ1v) is 11.0. The minimum atomic E-state index is -2.97. The van der Waals surface area contributed by atoms with E-state index < -0.39 is 9.84 Å². The number of carbonyl (C=O) groups excluding carboxylic acids is 1. The Hall–Kier alpha value is -0.320. The molecule has 2 rings (SSSR count). The highest BCUT2D eigenvalue weighted by Crippen LogP contribution is 2.31. The summed E-state index contributed by atoms with van der Waals surface area (Å²) < 4.78 is 24.4. The molecular weight excluding hydrogens is 350 g/mol. The normalized spacial score (nSPS) is 22.1. The number of carbonyl (C=O) groups is 1. The average molecular weight is 368 g/mol. The van der Waals surface area contributed by atoms with Gasteiger partial charge in [-0.25, -0.2) is 8.42 Å². The lowest BCUT2D eigenvalue weighted by atomic mass is 10.2. The Morgan fingerprint density at radius 2 is 2.19 bits per heavy atom. The number of sulfone groups is 1. The first-order chi connectivity index (χ1) is 9.89. The van der Waals surface area contributed by atoms with Gasteiger partial charge in [0.15, 0.2) is 18.5 Å². The molecule has 1 fully saturated rings. The largest absolute Gasteiger partial charge is 0.351 e. The van der Waals surface area contributed by atoms with Crippen LogP contribution in [0.4, 0.5) is 0 Å². The van der Waals surface area contributed by atoms with Gasteiger partial charge >= 0.3 is 0 Å². The van der Waals surface area contributed by atoms with Crippen LogP contribution in [-0.2, 0) is 14.6 Å². The van der Waals surface area contributed by atoms with Crippen molar-refractivity contribution >= 4 is 50.6 Å². The average Bonchev–Trinajstić information content (AvgIpc) is 2.96. The van der Waals surface area contributed by atoms with Crippen LogP contribution in [0.15, 0.2) is 8.68 Å². The van der Waals surface area contributed by atoms with Crippen molar-refractivity contribution in [1.82, 2.24) is 15.5 Å². The molecule has 2 atom stereocenters. The van der Waals surface area contributed by atoms with Gasteiger partial charge in [0.05, 0.1) is 16.8 Å².